The number of aromatic hydroxyl groups is 1. The molecule has 0 radical (unpaired) electrons. The van der Waals surface area contributed by atoms with Gasteiger partial charge in [-0.05, 0) is 92.4 Å². The van der Waals surface area contributed by atoms with Crippen molar-refractivity contribution in [3.8, 4) is 11.5 Å². The quantitative estimate of drug-likeness (QED) is 0.145. The van der Waals surface area contributed by atoms with Gasteiger partial charge in [0.1, 0.15) is 0 Å². The molecule has 3 fully saturated rings. The summed E-state index contributed by atoms with van der Waals surface area (Å²) in [6, 6.07) is 8.35. The summed E-state index contributed by atoms with van der Waals surface area (Å²) in [7, 11) is 1.32. The fourth-order valence-electron chi connectivity index (χ4n) is 8.78. The topological polar surface area (TPSA) is 166 Å². The van der Waals surface area contributed by atoms with E-state index in [1.54, 1.807) is 18.2 Å². The number of aliphatic carboxylic acids is 1. The van der Waals surface area contributed by atoms with E-state index in [1.807, 2.05) is 0 Å². The van der Waals surface area contributed by atoms with Gasteiger partial charge in [-0.2, -0.15) is 18.2 Å². The zero-order chi connectivity index (χ0) is 40.6. The number of carboxylic acids is 1. The van der Waals surface area contributed by atoms with Crippen molar-refractivity contribution in [2.45, 2.75) is 43.2 Å². The summed E-state index contributed by atoms with van der Waals surface area (Å²) in [6.07, 6.45) is -2.77. The number of nitrogens with one attached hydrogen (secondary N) is 1. The van der Waals surface area contributed by atoms with E-state index >= 15 is 4.79 Å². The molecule has 3 heterocycles. The van der Waals surface area contributed by atoms with E-state index in [0.717, 1.165) is 4.90 Å². The predicted octanol–water partition coefficient (Wildman–Crippen LogP) is 7.50. The molecule has 2 aliphatic carbocycles. The van der Waals surface area contributed by atoms with Gasteiger partial charge in [-0.1, -0.05) is 47.0 Å². The molecule has 2 aromatic carbocycles. The highest BCUT2D eigenvalue weighted by Crippen LogP contribution is 2.65. The minimum atomic E-state index is -4.78. The van der Waals surface area contributed by atoms with Crippen LogP contribution in [0.4, 0.5) is 19.0 Å². The summed E-state index contributed by atoms with van der Waals surface area (Å²) >= 11 is 19.6. The van der Waals surface area contributed by atoms with Crippen molar-refractivity contribution in [3.63, 3.8) is 0 Å². The van der Waals surface area contributed by atoms with Gasteiger partial charge in [0.2, 0.25) is 11.8 Å². The highest BCUT2D eigenvalue weighted by atomic mass is 79.9. The minimum Gasteiger partial charge on any atom is -0.503 e. The number of halogens is 7. The summed E-state index contributed by atoms with van der Waals surface area (Å²) in [5, 5.41) is 20.6. The summed E-state index contributed by atoms with van der Waals surface area (Å²) in [5.41, 5.74) is 0.789. The van der Waals surface area contributed by atoms with Crippen molar-refractivity contribution in [2.75, 3.05) is 19.1 Å². The Hall–Kier alpha value is -4.19. The van der Waals surface area contributed by atoms with Crippen LogP contribution >= 0.6 is 55.1 Å². The van der Waals surface area contributed by atoms with Crippen LogP contribution in [-0.4, -0.2) is 68.4 Å². The van der Waals surface area contributed by atoms with Crippen LogP contribution in [0.25, 0.3) is 0 Å². The highest BCUT2D eigenvalue weighted by Gasteiger charge is 2.70. The standard InChI is InChI=1S/C37H29Br2Cl2F3N4O8/c1-56-24-13-21(28(38)29(39)30(24)51)27-18-8-9-19-26(34(54)47(32(19)52)10-2-3-25(49)50)20(18)12-22-33(53)48(35(55)36(22,27)15-4-6-17(40)7-5-15)46-31-23(41)11-16(14-45-31)37(42,43)44/h4-8,11,13-14,19-20,22,26-27,51H,2-3,9-10,12H2,1H3,(H,45,46)(H,49,50). The Kier molecular flexibility index (Phi) is 10.5. The molecule has 0 spiro atoms. The highest BCUT2D eigenvalue weighted by molar-refractivity contribution is 9.13. The maximum atomic E-state index is 15.4. The number of hydrogen-bond acceptors (Lipinski definition) is 9. The number of phenolic OH excluding ortho intramolecular Hbond substituents is 1. The molecule has 12 nitrogen and oxygen atoms in total. The SMILES string of the molecule is COc1cc(C2C3=CCC4C(=O)N(CCCC(=O)O)C(=O)C4C3CC3C(=O)N(Nc4ncc(C(F)(F)F)cc4Cl)C(=O)C32c2ccc(Cl)cc2)c(Br)c(Br)c1O. The molecule has 1 saturated carbocycles. The Morgan fingerprint density at radius 3 is 2.38 bits per heavy atom. The number of imide groups is 2. The molecule has 1 aromatic heterocycles. The number of anilines is 1. The fraction of sp³-hybridized carbons (Fsp3) is 0.351. The van der Waals surface area contributed by atoms with Crippen LogP contribution in [0.5, 0.6) is 11.5 Å². The van der Waals surface area contributed by atoms with Crippen LogP contribution in [0.15, 0.2) is 63.2 Å². The van der Waals surface area contributed by atoms with Crippen molar-refractivity contribution in [3.05, 3.63) is 89.9 Å². The van der Waals surface area contributed by atoms with Crippen molar-refractivity contribution < 1.29 is 52.1 Å². The van der Waals surface area contributed by atoms with Crippen LogP contribution in [0, 0.1) is 23.7 Å². The Bertz CT molecular complexity index is 2240. The van der Waals surface area contributed by atoms with Gasteiger partial charge in [0, 0.05) is 34.6 Å². The molecule has 6 atom stereocenters. The third kappa shape index (κ3) is 6.25. The van der Waals surface area contributed by atoms with Gasteiger partial charge in [0.15, 0.2) is 17.3 Å². The molecule has 4 aliphatic rings. The Balaban J connectivity index is 1.44. The number of fused-ring (bicyclic) bond motifs is 4. The largest absolute Gasteiger partial charge is 0.503 e. The van der Waals surface area contributed by atoms with Crippen molar-refractivity contribution in [1.29, 1.82) is 0 Å². The number of nitrogens with zero attached hydrogens (tertiary/aromatic N) is 3. The first-order valence-electron chi connectivity index (χ1n) is 17.1. The number of benzene rings is 2. The number of phenols is 1. The number of rotatable bonds is 9. The number of ether oxygens (including phenoxy) is 1. The normalized spacial score (nSPS) is 25.9. The molecule has 294 valence electrons. The molecule has 2 aliphatic heterocycles. The molecular formula is C37H29Br2Cl2F3N4O8. The molecule has 4 amide bonds. The molecule has 3 N–H and O–H groups in total. The smallest absolute Gasteiger partial charge is 0.417 e. The molecular weight excluding hydrogens is 916 g/mol. The van der Waals surface area contributed by atoms with Gasteiger partial charge in [0.05, 0.1) is 45.3 Å². The van der Waals surface area contributed by atoms with Gasteiger partial charge < -0.3 is 14.9 Å². The summed E-state index contributed by atoms with van der Waals surface area (Å²) in [4.78, 5) is 74.3. The van der Waals surface area contributed by atoms with Gasteiger partial charge in [0.25, 0.3) is 11.8 Å². The van der Waals surface area contributed by atoms with Crippen LogP contribution in [0.1, 0.15) is 48.3 Å². The van der Waals surface area contributed by atoms with E-state index in [2.05, 4.69) is 42.3 Å². The number of allylic oxidation sites excluding steroid dienone is 2. The number of likely N-dealkylation sites (tertiary alicyclic amines) is 1. The lowest BCUT2D eigenvalue weighted by Gasteiger charge is -2.51. The van der Waals surface area contributed by atoms with Gasteiger partial charge >= 0.3 is 12.1 Å². The van der Waals surface area contributed by atoms with Crippen LogP contribution in [0.3, 0.4) is 0 Å². The Morgan fingerprint density at radius 2 is 1.75 bits per heavy atom. The molecule has 3 aromatic rings. The van der Waals surface area contributed by atoms with E-state index in [-0.39, 0.29) is 52.7 Å². The average molecular weight is 945 g/mol. The summed E-state index contributed by atoms with van der Waals surface area (Å²) in [6.45, 7) is -0.121. The second-order valence-corrected chi connectivity index (χ2v) is 16.3. The first kappa shape index (κ1) is 40.0. The summed E-state index contributed by atoms with van der Waals surface area (Å²) in [5.74, 6) is -9.44. The second kappa shape index (κ2) is 14.6. The number of carboxylic acid groups (broad SMARTS) is 1. The molecule has 7 rings (SSSR count). The molecule has 6 unspecified atom stereocenters. The van der Waals surface area contributed by atoms with Gasteiger partial charge in [-0.25, -0.2) is 4.98 Å². The Labute approximate surface area is 343 Å². The first-order valence-corrected chi connectivity index (χ1v) is 19.4. The molecule has 0 bridgehead atoms. The number of carbonyl (C=O) groups excluding carboxylic acids is 4. The number of amides is 4. The number of aromatic nitrogens is 1. The number of hydrogen-bond donors (Lipinski definition) is 3. The lowest BCUT2D eigenvalue weighted by atomic mass is 9.49. The molecule has 19 heteroatoms. The fourth-order valence-corrected chi connectivity index (χ4v) is 10.1. The third-order valence-corrected chi connectivity index (χ3v) is 13.8. The maximum Gasteiger partial charge on any atom is 0.417 e. The lowest BCUT2D eigenvalue weighted by Crippen LogP contribution is -2.53. The number of hydrazine groups is 1. The predicted molar refractivity (Wildman–Crippen MR) is 201 cm³/mol. The third-order valence-electron chi connectivity index (χ3n) is 11.1. The minimum absolute atomic E-state index is 0.00138. The zero-order valence-corrected chi connectivity index (χ0v) is 33.6. The first-order chi connectivity index (χ1) is 26.4. The van der Waals surface area contributed by atoms with E-state index < -0.39 is 87.2 Å². The summed E-state index contributed by atoms with van der Waals surface area (Å²) < 4.78 is 46.4. The van der Waals surface area contributed by atoms with E-state index in [4.69, 9.17) is 27.9 Å². The maximum absolute atomic E-state index is 15.4. The van der Waals surface area contributed by atoms with E-state index in [9.17, 15) is 42.6 Å². The van der Waals surface area contributed by atoms with Crippen molar-refractivity contribution >= 4 is 90.5 Å². The number of alkyl halides is 3. The monoisotopic (exact) mass is 942 g/mol. The molecule has 2 saturated heterocycles. The second-order valence-electron chi connectivity index (χ2n) is 13.9. The van der Waals surface area contributed by atoms with Crippen molar-refractivity contribution in [2.24, 2.45) is 23.7 Å². The lowest BCUT2D eigenvalue weighted by molar-refractivity contribution is -0.142. The number of carbonyl (C=O) groups is 5. The number of methoxy groups -OCH3 is 1. The van der Waals surface area contributed by atoms with Crippen molar-refractivity contribution in [1.82, 2.24) is 14.9 Å². The van der Waals surface area contributed by atoms with E-state index in [0.29, 0.717) is 39.0 Å². The van der Waals surface area contributed by atoms with Gasteiger partial charge in [-0.15, -0.1) is 0 Å². The van der Waals surface area contributed by atoms with Crippen LogP contribution in [-0.2, 0) is 35.6 Å². The molecule has 56 heavy (non-hydrogen) atoms. The number of pyridine rings is 1. The van der Waals surface area contributed by atoms with Crippen LogP contribution in [0.2, 0.25) is 10.0 Å². The zero-order valence-electron chi connectivity index (χ0n) is 28.9. The Morgan fingerprint density at radius 1 is 1.05 bits per heavy atom. The van der Waals surface area contributed by atoms with E-state index in [1.165, 1.54) is 25.3 Å². The average Bonchev–Trinajstić information content (AvgIpc) is 3.52. The van der Waals surface area contributed by atoms with Crippen LogP contribution < -0.4 is 10.2 Å². The van der Waals surface area contributed by atoms with Gasteiger partial charge in [-0.3, -0.25) is 34.3 Å².